The summed E-state index contributed by atoms with van der Waals surface area (Å²) in [6.07, 6.45) is 46.3. The number of carbonyl (C=O) groups excluding carboxylic acids is 1. The highest BCUT2D eigenvalue weighted by atomic mass is 16.1. The Balaban J connectivity index is 3.28. The second-order valence-electron chi connectivity index (χ2n) is 11.7. The fraction of sp³-hybridized carbons (Fsp3) is 0.861. The smallest absolute Gasteiger partial charge is 0.243 e. The van der Waals surface area contributed by atoms with E-state index in [4.69, 9.17) is 0 Å². The number of amides is 1. The Morgan fingerprint density at radius 3 is 1.18 bits per heavy atom. The summed E-state index contributed by atoms with van der Waals surface area (Å²) in [6, 6.07) is 0. The van der Waals surface area contributed by atoms with Gasteiger partial charge in [-0.05, 0) is 19.3 Å². The molecule has 1 N–H and O–H groups in total. The largest absolute Gasteiger partial charge is 0.353 e. The van der Waals surface area contributed by atoms with Crippen molar-refractivity contribution in [3.05, 3.63) is 24.3 Å². The first-order valence-corrected chi connectivity index (χ1v) is 17.4. The molecular weight excluding hydrogens is 462 g/mol. The molecule has 0 rings (SSSR count). The van der Waals surface area contributed by atoms with E-state index in [9.17, 15) is 4.79 Å². The van der Waals surface area contributed by atoms with Gasteiger partial charge in [-0.2, -0.15) is 0 Å². The minimum atomic E-state index is 0.0466. The molecule has 0 aliphatic rings. The minimum Gasteiger partial charge on any atom is -0.353 e. The molecular formula is C36H69NO. The molecule has 2 heteroatoms. The Labute approximate surface area is 240 Å². The highest BCUT2D eigenvalue weighted by Gasteiger charge is 1.97. The molecule has 0 fully saturated rings. The molecule has 0 atom stereocenters. The van der Waals surface area contributed by atoms with Gasteiger partial charge in [0.1, 0.15) is 0 Å². The lowest BCUT2D eigenvalue weighted by Gasteiger charge is -2.04. The van der Waals surface area contributed by atoms with Crippen molar-refractivity contribution in [2.75, 3.05) is 6.54 Å². The minimum absolute atomic E-state index is 0.0466. The van der Waals surface area contributed by atoms with Crippen molar-refractivity contribution < 1.29 is 4.79 Å². The van der Waals surface area contributed by atoms with Crippen molar-refractivity contribution in [2.24, 2.45) is 0 Å². The summed E-state index contributed by atoms with van der Waals surface area (Å²) in [5.74, 6) is 0.0466. The van der Waals surface area contributed by atoms with Gasteiger partial charge in [0.15, 0.2) is 0 Å². The lowest BCUT2D eigenvalue weighted by molar-refractivity contribution is -0.116. The summed E-state index contributed by atoms with van der Waals surface area (Å²) in [5.41, 5.74) is 0. The standard InChI is InChI=1S/C36H69NO/c1-3-5-7-9-11-13-15-17-19-21-23-25-27-29-31-33-35-37-36(38)34-32-30-28-26-24-22-20-18-16-14-12-10-8-6-4-2/h28,30,32,34H,3-27,29,31,33,35H2,1-2H3,(H,37,38). The normalized spacial score (nSPS) is 11.7. The van der Waals surface area contributed by atoms with Crippen LogP contribution in [0.4, 0.5) is 0 Å². The maximum atomic E-state index is 11.9. The number of hydrogen-bond donors (Lipinski definition) is 1. The average Bonchev–Trinajstić information content (AvgIpc) is 2.92. The molecule has 224 valence electrons. The van der Waals surface area contributed by atoms with E-state index < -0.39 is 0 Å². The van der Waals surface area contributed by atoms with Crippen LogP contribution in [0.15, 0.2) is 24.3 Å². The van der Waals surface area contributed by atoms with Gasteiger partial charge in [-0.15, -0.1) is 0 Å². The first kappa shape index (κ1) is 37.0. The maximum Gasteiger partial charge on any atom is 0.243 e. The predicted octanol–water partition coefficient (Wildman–Crippen LogP) is 12.2. The maximum absolute atomic E-state index is 11.9. The van der Waals surface area contributed by atoms with Crippen LogP contribution in [-0.2, 0) is 4.79 Å². The fourth-order valence-electron chi connectivity index (χ4n) is 5.19. The van der Waals surface area contributed by atoms with E-state index >= 15 is 0 Å². The first-order chi connectivity index (χ1) is 18.8. The number of unbranched alkanes of at least 4 members (excludes halogenated alkanes) is 26. The topological polar surface area (TPSA) is 29.1 Å². The molecule has 0 heterocycles. The number of hydrogen-bond acceptors (Lipinski definition) is 1. The predicted molar refractivity (Wildman–Crippen MR) is 172 cm³/mol. The molecule has 0 saturated heterocycles. The van der Waals surface area contributed by atoms with Crippen LogP contribution in [0.5, 0.6) is 0 Å². The molecule has 0 aliphatic heterocycles. The number of allylic oxidation sites excluding steroid dienone is 3. The molecule has 0 aromatic rings. The molecule has 0 aromatic carbocycles. The van der Waals surface area contributed by atoms with Crippen molar-refractivity contribution in [1.82, 2.24) is 5.32 Å². The zero-order valence-electron chi connectivity index (χ0n) is 26.2. The van der Waals surface area contributed by atoms with Crippen molar-refractivity contribution >= 4 is 5.91 Å². The Morgan fingerprint density at radius 2 is 0.789 bits per heavy atom. The van der Waals surface area contributed by atoms with Gasteiger partial charge in [0.2, 0.25) is 5.91 Å². The number of nitrogens with one attached hydrogen (secondary N) is 1. The third-order valence-electron chi connectivity index (χ3n) is 7.80. The van der Waals surface area contributed by atoms with E-state index in [0.29, 0.717) is 0 Å². The fourth-order valence-corrected chi connectivity index (χ4v) is 5.19. The molecule has 0 aromatic heterocycles. The molecule has 0 aliphatic carbocycles. The number of rotatable bonds is 31. The van der Waals surface area contributed by atoms with Crippen LogP contribution in [0.3, 0.4) is 0 Å². The lowest BCUT2D eigenvalue weighted by Crippen LogP contribution is -2.21. The second kappa shape index (κ2) is 34.0. The van der Waals surface area contributed by atoms with Crippen LogP contribution in [-0.4, -0.2) is 12.5 Å². The van der Waals surface area contributed by atoms with Crippen LogP contribution in [0.25, 0.3) is 0 Å². The van der Waals surface area contributed by atoms with E-state index in [0.717, 1.165) is 19.4 Å². The summed E-state index contributed by atoms with van der Waals surface area (Å²) in [7, 11) is 0. The van der Waals surface area contributed by atoms with E-state index in [1.165, 1.54) is 167 Å². The van der Waals surface area contributed by atoms with Crippen molar-refractivity contribution in [3.8, 4) is 0 Å². The third kappa shape index (κ3) is 33.0. The molecule has 0 spiro atoms. The summed E-state index contributed by atoms with van der Waals surface area (Å²) >= 11 is 0. The monoisotopic (exact) mass is 532 g/mol. The van der Waals surface area contributed by atoms with Gasteiger partial charge in [-0.3, -0.25) is 4.79 Å². The molecule has 0 bridgehead atoms. The second-order valence-corrected chi connectivity index (χ2v) is 11.7. The van der Waals surface area contributed by atoms with E-state index in [1.807, 2.05) is 12.2 Å². The Morgan fingerprint density at radius 1 is 0.447 bits per heavy atom. The van der Waals surface area contributed by atoms with Crippen LogP contribution in [0.1, 0.15) is 194 Å². The SMILES string of the molecule is CCCCCCCCCCCCCC=CC=CC(=O)NCCCCCCCCCCCCCCCCCC. The first-order valence-electron chi connectivity index (χ1n) is 17.4. The van der Waals surface area contributed by atoms with Crippen LogP contribution >= 0.6 is 0 Å². The van der Waals surface area contributed by atoms with Gasteiger partial charge < -0.3 is 5.32 Å². The van der Waals surface area contributed by atoms with E-state index in [1.54, 1.807) is 6.08 Å². The van der Waals surface area contributed by atoms with Gasteiger partial charge in [0.25, 0.3) is 0 Å². The van der Waals surface area contributed by atoms with E-state index in [-0.39, 0.29) is 5.91 Å². The van der Waals surface area contributed by atoms with Gasteiger partial charge in [-0.1, -0.05) is 193 Å². The van der Waals surface area contributed by atoms with Crippen molar-refractivity contribution in [2.45, 2.75) is 194 Å². The molecule has 0 radical (unpaired) electrons. The van der Waals surface area contributed by atoms with Gasteiger partial charge in [-0.25, -0.2) is 0 Å². The Hall–Kier alpha value is -1.05. The van der Waals surface area contributed by atoms with Gasteiger partial charge in [0.05, 0.1) is 0 Å². The van der Waals surface area contributed by atoms with E-state index in [2.05, 4.69) is 25.2 Å². The zero-order valence-corrected chi connectivity index (χ0v) is 26.2. The molecule has 0 unspecified atom stereocenters. The molecule has 38 heavy (non-hydrogen) atoms. The summed E-state index contributed by atoms with van der Waals surface area (Å²) < 4.78 is 0. The average molecular weight is 532 g/mol. The molecule has 0 saturated carbocycles. The van der Waals surface area contributed by atoms with Crippen LogP contribution in [0.2, 0.25) is 0 Å². The van der Waals surface area contributed by atoms with Crippen LogP contribution < -0.4 is 5.32 Å². The molecule has 2 nitrogen and oxygen atoms in total. The van der Waals surface area contributed by atoms with Crippen molar-refractivity contribution in [1.29, 1.82) is 0 Å². The molecule has 1 amide bonds. The van der Waals surface area contributed by atoms with Crippen molar-refractivity contribution in [3.63, 3.8) is 0 Å². The summed E-state index contributed by atoms with van der Waals surface area (Å²) in [4.78, 5) is 11.9. The lowest BCUT2D eigenvalue weighted by atomic mass is 10.0. The highest BCUT2D eigenvalue weighted by molar-refractivity contribution is 5.87. The Bertz CT molecular complexity index is 509. The highest BCUT2D eigenvalue weighted by Crippen LogP contribution is 2.14. The summed E-state index contributed by atoms with van der Waals surface area (Å²) in [5, 5.41) is 3.02. The Kier molecular flexibility index (Phi) is 33.0. The van der Waals surface area contributed by atoms with Gasteiger partial charge >= 0.3 is 0 Å². The number of carbonyl (C=O) groups is 1. The zero-order chi connectivity index (χ0) is 27.6. The van der Waals surface area contributed by atoms with Gasteiger partial charge in [0, 0.05) is 12.6 Å². The van der Waals surface area contributed by atoms with Crippen LogP contribution in [0, 0.1) is 0 Å². The summed E-state index contributed by atoms with van der Waals surface area (Å²) in [6.45, 7) is 5.38. The third-order valence-corrected chi connectivity index (χ3v) is 7.80. The quantitative estimate of drug-likeness (QED) is 0.0538.